The van der Waals surface area contributed by atoms with Crippen molar-refractivity contribution >= 4 is 28.3 Å². The largest absolute Gasteiger partial charge is 0.492 e. The Bertz CT molecular complexity index is 595. The Morgan fingerprint density at radius 2 is 1.89 bits per heavy atom. The van der Waals surface area contributed by atoms with Crippen molar-refractivity contribution in [2.45, 2.75) is 6.92 Å². The normalized spacial score (nSPS) is 12.2. The average molecular weight is 279 g/mol. The fraction of sp³-hybridized carbons (Fsp3) is 0.267. The van der Waals surface area contributed by atoms with E-state index in [1.807, 2.05) is 30.3 Å². The first-order valence-corrected chi connectivity index (χ1v) is 6.39. The molecule has 2 rings (SSSR count). The van der Waals surface area contributed by atoms with E-state index in [0.717, 1.165) is 16.5 Å². The van der Waals surface area contributed by atoms with Crippen LogP contribution in [0.3, 0.4) is 0 Å². The van der Waals surface area contributed by atoms with Crippen LogP contribution >= 0.6 is 11.6 Å². The molecule has 0 aliphatic carbocycles. The summed E-state index contributed by atoms with van der Waals surface area (Å²) >= 11 is 6.13. The fourth-order valence-corrected chi connectivity index (χ4v) is 2.07. The van der Waals surface area contributed by atoms with Crippen molar-refractivity contribution in [3.05, 3.63) is 41.4 Å². The number of carbonyl (C=O) groups excluding carboxylic acids is 1. The van der Waals surface area contributed by atoms with Gasteiger partial charge in [0.2, 0.25) is 0 Å². The molecule has 4 heteroatoms. The molecule has 0 aliphatic rings. The summed E-state index contributed by atoms with van der Waals surface area (Å²) < 4.78 is 10.4. The highest BCUT2D eigenvalue weighted by Gasteiger charge is 2.14. The molecule has 0 aromatic heterocycles. The Balaban J connectivity index is 2.22. The first-order valence-electron chi connectivity index (χ1n) is 6.01. The van der Waals surface area contributed by atoms with E-state index in [1.54, 1.807) is 13.0 Å². The predicted molar refractivity (Wildman–Crippen MR) is 75.6 cm³/mol. The van der Waals surface area contributed by atoms with Gasteiger partial charge in [0.25, 0.3) is 0 Å². The number of ether oxygens (including phenoxy) is 2. The molecule has 2 aromatic rings. The van der Waals surface area contributed by atoms with Crippen molar-refractivity contribution < 1.29 is 14.3 Å². The summed E-state index contributed by atoms with van der Waals surface area (Å²) in [5.74, 6) is 0.133. The number of carbonyl (C=O) groups is 1. The maximum atomic E-state index is 11.3. The Hall–Kier alpha value is -1.74. The van der Waals surface area contributed by atoms with Crippen LogP contribution in [0.4, 0.5) is 0 Å². The van der Waals surface area contributed by atoms with E-state index in [1.165, 1.54) is 7.11 Å². The van der Waals surface area contributed by atoms with E-state index >= 15 is 0 Å². The maximum Gasteiger partial charge on any atom is 0.311 e. The van der Waals surface area contributed by atoms with E-state index < -0.39 is 0 Å². The monoisotopic (exact) mass is 278 g/mol. The van der Waals surface area contributed by atoms with Gasteiger partial charge in [-0.3, -0.25) is 4.79 Å². The van der Waals surface area contributed by atoms with Crippen LogP contribution in [0, 0.1) is 5.92 Å². The van der Waals surface area contributed by atoms with Crippen molar-refractivity contribution in [1.82, 2.24) is 0 Å². The highest BCUT2D eigenvalue weighted by molar-refractivity contribution is 6.35. The van der Waals surface area contributed by atoms with Crippen molar-refractivity contribution in [3.8, 4) is 5.75 Å². The Morgan fingerprint density at radius 1 is 1.21 bits per heavy atom. The molecular weight excluding hydrogens is 264 g/mol. The van der Waals surface area contributed by atoms with Crippen molar-refractivity contribution in [1.29, 1.82) is 0 Å². The van der Waals surface area contributed by atoms with Gasteiger partial charge in [0.05, 0.1) is 13.0 Å². The molecule has 3 nitrogen and oxygen atoms in total. The van der Waals surface area contributed by atoms with E-state index in [2.05, 4.69) is 4.74 Å². The summed E-state index contributed by atoms with van der Waals surface area (Å²) in [5, 5.41) is 2.56. The lowest BCUT2D eigenvalue weighted by atomic mass is 10.1. The van der Waals surface area contributed by atoms with Gasteiger partial charge in [0.1, 0.15) is 12.4 Å². The van der Waals surface area contributed by atoms with Crippen LogP contribution in [-0.4, -0.2) is 19.7 Å². The topological polar surface area (TPSA) is 35.5 Å². The number of benzene rings is 2. The van der Waals surface area contributed by atoms with Gasteiger partial charge < -0.3 is 9.47 Å². The molecular formula is C15H15ClO3. The zero-order valence-corrected chi connectivity index (χ0v) is 11.6. The summed E-state index contributed by atoms with van der Waals surface area (Å²) in [6.07, 6.45) is 0. The van der Waals surface area contributed by atoms with Crippen LogP contribution in [-0.2, 0) is 9.53 Å². The molecule has 0 fully saturated rings. The zero-order valence-electron chi connectivity index (χ0n) is 10.9. The zero-order chi connectivity index (χ0) is 13.8. The van der Waals surface area contributed by atoms with Gasteiger partial charge in [0, 0.05) is 15.8 Å². The molecule has 0 aliphatic heterocycles. The number of halogens is 1. The van der Waals surface area contributed by atoms with Crippen molar-refractivity contribution in [3.63, 3.8) is 0 Å². The molecule has 0 amide bonds. The number of methoxy groups -OCH3 is 1. The van der Waals surface area contributed by atoms with E-state index in [4.69, 9.17) is 16.3 Å². The Morgan fingerprint density at radius 3 is 2.58 bits per heavy atom. The molecule has 100 valence electrons. The Kier molecular flexibility index (Phi) is 4.27. The summed E-state index contributed by atoms with van der Waals surface area (Å²) in [5.41, 5.74) is 0. The minimum Gasteiger partial charge on any atom is -0.492 e. The second kappa shape index (κ2) is 5.93. The Labute approximate surface area is 117 Å². The molecule has 2 aromatic carbocycles. The highest BCUT2D eigenvalue weighted by atomic mass is 35.5. The van der Waals surface area contributed by atoms with E-state index in [9.17, 15) is 4.79 Å². The van der Waals surface area contributed by atoms with Gasteiger partial charge in [-0.2, -0.15) is 0 Å². The number of rotatable bonds is 4. The summed E-state index contributed by atoms with van der Waals surface area (Å²) in [6, 6.07) is 11.3. The van der Waals surface area contributed by atoms with Crippen LogP contribution < -0.4 is 4.74 Å². The van der Waals surface area contributed by atoms with Gasteiger partial charge in [-0.15, -0.1) is 0 Å². The number of fused-ring (bicyclic) bond motifs is 1. The smallest absolute Gasteiger partial charge is 0.311 e. The lowest BCUT2D eigenvalue weighted by Crippen LogP contribution is -2.20. The fourth-order valence-electron chi connectivity index (χ4n) is 1.84. The third-order valence-corrected chi connectivity index (χ3v) is 3.25. The first-order chi connectivity index (χ1) is 9.13. The molecule has 0 spiro atoms. The first kappa shape index (κ1) is 13.7. The molecule has 1 atom stereocenters. The summed E-state index contributed by atoms with van der Waals surface area (Å²) in [6.45, 7) is 2.04. The second-order valence-electron chi connectivity index (χ2n) is 4.33. The quantitative estimate of drug-likeness (QED) is 0.800. The lowest BCUT2D eigenvalue weighted by Gasteiger charge is -2.13. The van der Waals surface area contributed by atoms with Gasteiger partial charge in [-0.25, -0.2) is 0 Å². The average Bonchev–Trinajstić information content (AvgIpc) is 2.45. The number of hydrogen-bond donors (Lipinski definition) is 0. The molecule has 0 radical (unpaired) electrons. The maximum absolute atomic E-state index is 11.3. The van der Waals surface area contributed by atoms with Crippen LogP contribution in [0.2, 0.25) is 5.02 Å². The third kappa shape index (κ3) is 2.99. The van der Waals surface area contributed by atoms with Gasteiger partial charge in [0.15, 0.2) is 0 Å². The van der Waals surface area contributed by atoms with Crippen molar-refractivity contribution in [2.75, 3.05) is 13.7 Å². The molecule has 1 unspecified atom stereocenters. The van der Waals surface area contributed by atoms with Gasteiger partial charge in [-0.1, -0.05) is 35.9 Å². The van der Waals surface area contributed by atoms with Gasteiger partial charge in [-0.05, 0) is 19.1 Å². The van der Waals surface area contributed by atoms with Crippen LogP contribution in [0.5, 0.6) is 5.75 Å². The standard InChI is InChI=1S/C15H15ClO3/c1-10(15(17)18-2)9-19-14-8-7-13(16)11-5-3-4-6-12(11)14/h3-8,10H,9H2,1-2H3. The molecule has 19 heavy (non-hydrogen) atoms. The minimum atomic E-state index is -0.306. The second-order valence-corrected chi connectivity index (χ2v) is 4.73. The van der Waals surface area contributed by atoms with Crippen LogP contribution in [0.25, 0.3) is 10.8 Å². The van der Waals surface area contributed by atoms with Crippen LogP contribution in [0.1, 0.15) is 6.92 Å². The van der Waals surface area contributed by atoms with E-state index in [0.29, 0.717) is 5.02 Å². The summed E-state index contributed by atoms with van der Waals surface area (Å²) in [4.78, 5) is 11.3. The highest BCUT2D eigenvalue weighted by Crippen LogP contribution is 2.31. The minimum absolute atomic E-state index is 0.276. The molecule has 0 saturated heterocycles. The molecule has 0 heterocycles. The molecule has 0 bridgehead atoms. The number of esters is 1. The van der Waals surface area contributed by atoms with E-state index in [-0.39, 0.29) is 18.5 Å². The summed E-state index contributed by atoms with van der Waals surface area (Å²) in [7, 11) is 1.37. The SMILES string of the molecule is COC(=O)C(C)COc1ccc(Cl)c2ccccc12. The third-order valence-electron chi connectivity index (χ3n) is 2.92. The lowest BCUT2D eigenvalue weighted by molar-refractivity contribution is -0.145. The van der Waals surface area contributed by atoms with Gasteiger partial charge >= 0.3 is 5.97 Å². The van der Waals surface area contributed by atoms with Crippen LogP contribution in [0.15, 0.2) is 36.4 Å². The number of hydrogen-bond acceptors (Lipinski definition) is 3. The molecule has 0 N–H and O–H groups in total. The van der Waals surface area contributed by atoms with Crippen molar-refractivity contribution in [2.24, 2.45) is 5.92 Å². The molecule has 0 saturated carbocycles. The predicted octanol–water partition coefficient (Wildman–Crippen LogP) is 3.68.